The Morgan fingerprint density at radius 3 is 2.27 bits per heavy atom. The van der Waals surface area contributed by atoms with Gasteiger partial charge in [0.15, 0.2) is 6.61 Å². The first-order valence-corrected chi connectivity index (χ1v) is 19.6. The van der Waals surface area contributed by atoms with Crippen LogP contribution in [0.25, 0.3) is 0 Å². The summed E-state index contributed by atoms with van der Waals surface area (Å²) in [7, 11) is -3.61. The Morgan fingerprint density at radius 2 is 1.62 bits per heavy atom. The van der Waals surface area contributed by atoms with Gasteiger partial charge in [-0.25, -0.2) is 22.3 Å². The van der Waals surface area contributed by atoms with E-state index in [4.69, 9.17) is 14.2 Å². The Morgan fingerprint density at radius 1 is 0.942 bits per heavy atom. The summed E-state index contributed by atoms with van der Waals surface area (Å²) in [4.78, 5) is 25.8. The predicted octanol–water partition coefficient (Wildman–Crippen LogP) is 6.95. The molecule has 0 aromatic heterocycles. The van der Waals surface area contributed by atoms with E-state index in [1.165, 1.54) is 0 Å². The number of amides is 1. The summed E-state index contributed by atoms with van der Waals surface area (Å²) in [5, 5.41) is 8.87. The van der Waals surface area contributed by atoms with E-state index in [-0.39, 0.29) is 30.0 Å². The molecule has 1 N–H and O–H groups in total. The van der Waals surface area contributed by atoms with E-state index in [1.54, 1.807) is 9.21 Å². The number of carbonyl (C=O) groups is 2. The Kier molecular flexibility index (Phi) is 11.4. The van der Waals surface area contributed by atoms with Crippen molar-refractivity contribution in [1.82, 2.24) is 9.21 Å². The summed E-state index contributed by atoms with van der Waals surface area (Å²) in [5.41, 5.74) is 4.42. The summed E-state index contributed by atoms with van der Waals surface area (Å²) in [5.74, 6) is -0.791. The van der Waals surface area contributed by atoms with Gasteiger partial charge in [-0.1, -0.05) is 92.7 Å². The molecule has 3 fully saturated rings. The molecule has 3 aliphatic heterocycles. The summed E-state index contributed by atoms with van der Waals surface area (Å²) < 4.78 is 47.8. The summed E-state index contributed by atoms with van der Waals surface area (Å²) in [6.45, 7) is 11.6. The minimum atomic E-state index is -3.61. The van der Waals surface area contributed by atoms with Crippen LogP contribution in [0.15, 0.2) is 91.0 Å². The molecule has 1 amide bonds. The van der Waals surface area contributed by atoms with Gasteiger partial charge in [0.1, 0.15) is 12.4 Å². The Bertz CT molecular complexity index is 1840. The molecule has 0 radical (unpaired) electrons. The second-order valence-corrected chi connectivity index (χ2v) is 17.1. The number of hydrogen-bond donors (Lipinski definition) is 1. The third kappa shape index (κ3) is 8.22. The van der Waals surface area contributed by atoms with Crippen LogP contribution in [0.5, 0.6) is 5.75 Å². The van der Waals surface area contributed by atoms with E-state index in [2.05, 4.69) is 38.6 Å². The number of piperidine rings is 2. The molecular weight excluding hydrogens is 681 g/mol. The Hall–Kier alpha value is -4.19. The van der Waals surface area contributed by atoms with Crippen LogP contribution < -0.4 is 4.74 Å². The number of hydrogen-bond acceptors (Lipinski definition) is 7. The third-order valence-electron chi connectivity index (χ3n) is 11.1. The highest BCUT2D eigenvalue weighted by molar-refractivity contribution is 7.89. The Balaban J connectivity index is 1.15. The van der Waals surface area contributed by atoms with Gasteiger partial charge in [0.05, 0.1) is 17.5 Å². The molecule has 0 unspecified atom stereocenters. The molecule has 4 atom stereocenters. The van der Waals surface area contributed by atoms with E-state index in [0.29, 0.717) is 57.6 Å². The Labute approximate surface area is 307 Å². The zero-order valence-corrected chi connectivity index (χ0v) is 31.1. The van der Waals surface area contributed by atoms with Crippen molar-refractivity contribution in [2.75, 3.05) is 32.8 Å². The first kappa shape index (κ1) is 37.6. The van der Waals surface area contributed by atoms with Gasteiger partial charge in [0, 0.05) is 43.1 Å². The number of carboxylic acid groups (broad SMARTS) is 1. The van der Waals surface area contributed by atoms with Crippen molar-refractivity contribution < 1.29 is 37.3 Å². The van der Waals surface area contributed by atoms with Crippen LogP contribution in [0.2, 0.25) is 0 Å². The lowest BCUT2D eigenvalue weighted by molar-refractivity contribution is -0.139. The molecule has 0 spiro atoms. The molecule has 3 heterocycles. The number of rotatable bonds is 11. The average molecular weight is 731 g/mol. The maximum atomic E-state index is 14.0. The molecular formula is C41H50N2O8S. The zero-order valence-electron chi connectivity index (χ0n) is 30.3. The molecule has 11 heteroatoms. The second-order valence-electron chi connectivity index (χ2n) is 14.9. The molecule has 6 rings (SSSR count). The number of carbonyl (C=O) groups excluding carboxylic acids is 1. The highest BCUT2D eigenvalue weighted by Crippen LogP contribution is 2.48. The molecule has 0 saturated carbocycles. The van der Waals surface area contributed by atoms with Gasteiger partial charge in [-0.15, -0.1) is 0 Å². The van der Waals surface area contributed by atoms with Crippen molar-refractivity contribution in [1.29, 1.82) is 0 Å². The van der Waals surface area contributed by atoms with Crippen molar-refractivity contribution in [2.24, 2.45) is 11.8 Å². The van der Waals surface area contributed by atoms with Crippen molar-refractivity contribution >= 4 is 22.1 Å². The number of nitrogens with zero attached hydrogens (tertiary/aromatic N) is 2. The monoisotopic (exact) mass is 730 g/mol. The van der Waals surface area contributed by atoms with Gasteiger partial charge in [-0.3, -0.25) is 0 Å². The minimum Gasteiger partial charge on any atom is -0.482 e. The number of sulfonamides is 1. The standard InChI is InChI=1S/C41H50N2O8S/c1-28(2)34-23-30-25-43(52(47,48)33-17-20-42(21-18-33)40(46)50-26-29-11-7-5-8-12-29)22-19-36(30)51-39(34)35-24-32(15-16-37(35)49-27-38(44)45)41(3,4)31-13-9-6-10-14-31/h5-16,24,30,33-34,36,39H,1,17-23,25-27H2,2-4H3,(H,44,45)/t30-,34-,36+,39+/m1/s1. The molecule has 3 aliphatic rings. The number of aliphatic carboxylic acids is 1. The number of carboxylic acids is 1. The van der Waals surface area contributed by atoms with E-state index in [1.807, 2.05) is 67.6 Å². The van der Waals surface area contributed by atoms with Crippen LogP contribution in [0, 0.1) is 11.8 Å². The van der Waals surface area contributed by atoms with Crippen molar-refractivity contribution in [2.45, 2.75) is 75.9 Å². The molecule has 52 heavy (non-hydrogen) atoms. The summed E-state index contributed by atoms with van der Waals surface area (Å²) >= 11 is 0. The normalized spacial score (nSPS) is 23.0. The fourth-order valence-corrected chi connectivity index (χ4v) is 9.89. The van der Waals surface area contributed by atoms with Crippen LogP contribution in [0.3, 0.4) is 0 Å². The fourth-order valence-electron chi connectivity index (χ4n) is 7.91. The number of likely N-dealkylation sites (tertiary alicyclic amines) is 1. The molecule has 0 aliphatic carbocycles. The second kappa shape index (κ2) is 15.8. The van der Waals surface area contributed by atoms with Gasteiger partial charge in [-0.2, -0.15) is 0 Å². The lowest BCUT2D eigenvalue weighted by Crippen LogP contribution is -2.54. The number of benzene rings is 3. The number of fused-ring (bicyclic) bond motifs is 1. The highest BCUT2D eigenvalue weighted by Gasteiger charge is 2.46. The van der Waals surface area contributed by atoms with Crippen LogP contribution >= 0.6 is 0 Å². The van der Waals surface area contributed by atoms with Crippen molar-refractivity contribution in [3.05, 3.63) is 113 Å². The molecule has 278 valence electrons. The van der Waals surface area contributed by atoms with Gasteiger partial charge >= 0.3 is 12.1 Å². The van der Waals surface area contributed by atoms with Crippen LogP contribution in [0.1, 0.15) is 74.8 Å². The SMILES string of the molecule is C=C(C)[C@H]1C[C@@H]2CN(S(=O)(=O)C3CCN(C(=O)OCc4ccccc4)CC3)CC[C@@H]2O[C@@H]1c1cc(C(C)(C)c2ccccc2)ccc1OCC(=O)O. The lowest BCUT2D eigenvalue weighted by atomic mass is 9.74. The van der Waals surface area contributed by atoms with E-state index in [9.17, 15) is 23.1 Å². The smallest absolute Gasteiger partial charge is 0.410 e. The number of ether oxygens (including phenoxy) is 3. The average Bonchev–Trinajstić information content (AvgIpc) is 3.16. The molecule has 3 aromatic carbocycles. The molecule has 3 saturated heterocycles. The maximum absolute atomic E-state index is 14.0. The van der Waals surface area contributed by atoms with E-state index >= 15 is 0 Å². The largest absolute Gasteiger partial charge is 0.482 e. The summed E-state index contributed by atoms with van der Waals surface area (Å²) in [6, 6.07) is 25.6. The van der Waals surface area contributed by atoms with Gasteiger partial charge < -0.3 is 24.2 Å². The fraction of sp³-hybridized carbons (Fsp3) is 0.463. The first-order chi connectivity index (χ1) is 24.8. The third-order valence-corrected chi connectivity index (χ3v) is 13.4. The topological polar surface area (TPSA) is 123 Å². The molecule has 10 nitrogen and oxygen atoms in total. The van der Waals surface area contributed by atoms with Gasteiger partial charge in [-0.05, 0) is 67.3 Å². The van der Waals surface area contributed by atoms with Crippen LogP contribution in [-0.4, -0.2) is 78.9 Å². The van der Waals surface area contributed by atoms with Crippen LogP contribution in [-0.2, 0) is 36.3 Å². The van der Waals surface area contributed by atoms with Gasteiger partial charge in [0.2, 0.25) is 10.0 Å². The predicted molar refractivity (Wildman–Crippen MR) is 198 cm³/mol. The van der Waals surface area contributed by atoms with Crippen molar-refractivity contribution in [3.63, 3.8) is 0 Å². The quantitative estimate of drug-likeness (QED) is 0.211. The van der Waals surface area contributed by atoms with Crippen LogP contribution in [0.4, 0.5) is 4.79 Å². The maximum Gasteiger partial charge on any atom is 0.410 e. The van der Waals surface area contributed by atoms with Crippen molar-refractivity contribution in [3.8, 4) is 5.75 Å². The molecule has 3 aromatic rings. The lowest BCUT2D eigenvalue weighted by Gasteiger charge is -2.47. The summed E-state index contributed by atoms with van der Waals surface area (Å²) in [6.07, 6.45) is 0.867. The zero-order chi connectivity index (χ0) is 37.0. The van der Waals surface area contributed by atoms with E-state index < -0.39 is 40.0 Å². The van der Waals surface area contributed by atoms with Gasteiger partial charge in [0.25, 0.3) is 0 Å². The van der Waals surface area contributed by atoms with E-state index in [0.717, 1.165) is 27.8 Å². The highest BCUT2D eigenvalue weighted by atomic mass is 32.2. The molecule has 0 bridgehead atoms. The minimum absolute atomic E-state index is 0.0399. The first-order valence-electron chi connectivity index (χ1n) is 18.1.